The first-order valence-electron chi connectivity index (χ1n) is 6.37. The monoisotopic (exact) mass is 440 g/mol. The molecule has 1 saturated heterocycles. The van der Waals surface area contributed by atoms with Crippen LogP contribution < -0.4 is 0 Å². The number of ether oxygens (including phenoxy) is 1. The fraction of sp³-hybridized carbons (Fsp3) is 0.538. The van der Waals surface area contributed by atoms with Crippen LogP contribution in [0.4, 0.5) is 0 Å². The van der Waals surface area contributed by atoms with Crippen LogP contribution in [0.5, 0.6) is 0 Å². The number of esters is 1. The molecule has 1 N–H and O–H groups in total. The van der Waals surface area contributed by atoms with E-state index < -0.39 is 18.0 Å². The van der Waals surface area contributed by atoms with Gasteiger partial charge in [0.15, 0.2) is 6.04 Å². The maximum Gasteiger partial charge on any atom is 0.352 e. The van der Waals surface area contributed by atoms with Crippen LogP contribution in [0.25, 0.3) is 0 Å². The lowest BCUT2D eigenvalue weighted by atomic mass is 10.0. The van der Waals surface area contributed by atoms with Crippen LogP contribution in [0.15, 0.2) is 16.3 Å². The van der Waals surface area contributed by atoms with Gasteiger partial charge in [0.2, 0.25) is 0 Å². The van der Waals surface area contributed by atoms with Crippen molar-refractivity contribution in [2.24, 2.45) is 4.99 Å². The SMILES string of the molecule is CC(=O)OCC1=C(C(=O)O)N2C(=O)C(N=C(C)C)[C@@H]2SC1.I. The maximum absolute atomic E-state index is 12.1. The van der Waals surface area contributed by atoms with Crippen molar-refractivity contribution >= 4 is 59.3 Å². The molecule has 9 heteroatoms. The Labute approximate surface area is 149 Å². The molecule has 0 aliphatic carbocycles. The standard InChI is InChI=1S/C13H16N2O5S.HI/c1-6(2)14-9-11(17)15-10(13(18)19)8(4-20-7(3)16)5-21-12(9)15;/h9,12H,4-5H2,1-3H3,(H,18,19);1H/t9?,12-;/m0./s1. The van der Waals surface area contributed by atoms with Crippen molar-refractivity contribution < 1.29 is 24.2 Å². The summed E-state index contributed by atoms with van der Waals surface area (Å²) in [6, 6.07) is -0.523. The third kappa shape index (κ3) is 3.62. The van der Waals surface area contributed by atoms with Crippen LogP contribution in [0.3, 0.4) is 0 Å². The average Bonchev–Trinajstić information content (AvgIpc) is 2.40. The van der Waals surface area contributed by atoms with E-state index in [9.17, 15) is 19.5 Å². The molecule has 0 bridgehead atoms. The zero-order valence-corrected chi connectivity index (χ0v) is 15.5. The van der Waals surface area contributed by atoms with Crippen LogP contribution in [0.2, 0.25) is 0 Å². The van der Waals surface area contributed by atoms with E-state index in [2.05, 4.69) is 4.99 Å². The smallest absolute Gasteiger partial charge is 0.352 e. The second-order valence-corrected chi connectivity index (χ2v) is 6.07. The van der Waals surface area contributed by atoms with E-state index >= 15 is 0 Å². The molecule has 2 aliphatic rings. The Kier molecular flexibility index (Phi) is 6.41. The number of aliphatic carboxylic acids is 1. The van der Waals surface area contributed by atoms with Crippen LogP contribution in [0, 0.1) is 0 Å². The summed E-state index contributed by atoms with van der Waals surface area (Å²) >= 11 is 1.43. The molecule has 22 heavy (non-hydrogen) atoms. The minimum Gasteiger partial charge on any atom is -0.477 e. The third-order valence-electron chi connectivity index (χ3n) is 3.07. The van der Waals surface area contributed by atoms with Crippen molar-refractivity contribution in [2.45, 2.75) is 32.2 Å². The van der Waals surface area contributed by atoms with Gasteiger partial charge in [-0.2, -0.15) is 0 Å². The molecular formula is C13H17IN2O5S. The summed E-state index contributed by atoms with van der Waals surface area (Å²) in [6.07, 6.45) is 0. The number of carbonyl (C=O) groups excluding carboxylic acids is 2. The lowest BCUT2D eigenvalue weighted by Gasteiger charge is -2.47. The lowest BCUT2D eigenvalue weighted by molar-refractivity contribution is -0.148. The Bertz CT molecular complexity index is 571. The molecule has 2 atom stereocenters. The Morgan fingerprint density at radius 3 is 2.55 bits per heavy atom. The molecule has 1 amide bonds. The predicted octanol–water partition coefficient (Wildman–Crippen LogP) is 1.27. The third-order valence-corrected chi connectivity index (χ3v) is 4.39. The number of rotatable bonds is 4. The van der Waals surface area contributed by atoms with Crippen molar-refractivity contribution in [3.05, 3.63) is 11.3 Å². The fourth-order valence-corrected chi connectivity index (χ4v) is 3.54. The van der Waals surface area contributed by atoms with Gasteiger partial charge in [0.25, 0.3) is 5.91 Å². The van der Waals surface area contributed by atoms with E-state index in [1.807, 2.05) is 0 Å². The molecule has 0 spiro atoms. The zero-order chi connectivity index (χ0) is 15.7. The van der Waals surface area contributed by atoms with Crippen molar-refractivity contribution in [3.8, 4) is 0 Å². The van der Waals surface area contributed by atoms with Crippen LogP contribution >= 0.6 is 35.7 Å². The Morgan fingerprint density at radius 2 is 2.05 bits per heavy atom. The number of carboxylic acids is 1. The number of fused-ring (bicyclic) bond motifs is 1. The summed E-state index contributed by atoms with van der Waals surface area (Å²) in [5.41, 5.74) is 1.13. The number of aliphatic imine (C=N–C) groups is 1. The topological polar surface area (TPSA) is 96.3 Å². The highest BCUT2D eigenvalue weighted by Crippen LogP contribution is 2.41. The summed E-state index contributed by atoms with van der Waals surface area (Å²) < 4.78 is 4.86. The quantitative estimate of drug-likeness (QED) is 0.306. The summed E-state index contributed by atoms with van der Waals surface area (Å²) in [6.45, 7) is 4.73. The Hall–Kier alpha value is -1.10. The fourth-order valence-electron chi connectivity index (χ4n) is 2.23. The van der Waals surface area contributed by atoms with Gasteiger partial charge in [-0.15, -0.1) is 35.7 Å². The second kappa shape index (κ2) is 7.44. The van der Waals surface area contributed by atoms with Gasteiger partial charge in [0.1, 0.15) is 17.7 Å². The largest absolute Gasteiger partial charge is 0.477 e. The van der Waals surface area contributed by atoms with Crippen molar-refractivity contribution in [1.29, 1.82) is 0 Å². The van der Waals surface area contributed by atoms with Crippen LogP contribution in [-0.2, 0) is 19.1 Å². The number of carboxylic acid groups (broad SMARTS) is 1. The number of halogens is 1. The number of amides is 1. The van der Waals surface area contributed by atoms with Gasteiger partial charge < -0.3 is 9.84 Å². The zero-order valence-electron chi connectivity index (χ0n) is 12.4. The highest BCUT2D eigenvalue weighted by Gasteiger charge is 2.53. The van der Waals surface area contributed by atoms with Gasteiger partial charge in [-0.05, 0) is 13.8 Å². The molecule has 0 aromatic rings. The van der Waals surface area contributed by atoms with E-state index in [0.29, 0.717) is 11.3 Å². The first-order chi connectivity index (χ1) is 9.82. The number of hydrogen-bond acceptors (Lipinski definition) is 6. The van der Waals surface area contributed by atoms with E-state index in [1.54, 1.807) is 13.8 Å². The summed E-state index contributed by atoms with van der Waals surface area (Å²) in [7, 11) is 0. The number of nitrogens with zero attached hydrogens (tertiary/aromatic N) is 2. The van der Waals surface area contributed by atoms with Gasteiger partial charge in [-0.1, -0.05) is 0 Å². The molecule has 0 aromatic heterocycles. The Morgan fingerprint density at radius 1 is 1.41 bits per heavy atom. The molecule has 122 valence electrons. The molecule has 7 nitrogen and oxygen atoms in total. The Balaban J connectivity index is 0.00000242. The van der Waals surface area contributed by atoms with E-state index in [1.165, 1.54) is 23.6 Å². The summed E-state index contributed by atoms with van der Waals surface area (Å²) in [5, 5.41) is 9.05. The van der Waals surface area contributed by atoms with Gasteiger partial charge in [0, 0.05) is 24.0 Å². The first kappa shape index (κ1) is 18.9. The van der Waals surface area contributed by atoms with E-state index in [0.717, 1.165) is 5.71 Å². The second-order valence-electron chi connectivity index (χ2n) is 4.97. The summed E-state index contributed by atoms with van der Waals surface area (Å²) in [4.78, 5) is 39.9. The highest BCUT2D eigenvalue weighted by molar-refractivity contribution is 14.0. The minimum atomic E-state index is -1.19. The number of hydrogen-bond donors (Lipinski definition) is 1. The normalized spacial score (nSPS) is 23.0. The number of β-lactam (4-membered cyclic amide) rings is 1. The molecule has 1 unspecified atom stereocenters. The molecule has 0 aromatic carbocycles. The highest BCUT2D eigenvalue weighted by atomic mass is 127. The van der Waals surface area contributed by atoms with Gasteiger partial charge in [0.05, 0.1) is 0 Å². The van der Waals surface area contributed by atoms with Crippen molar-refractivity contribution in [2.75, 3.05) is 12.4 Å². The molecule has 2 heterocycles. The number of carbonyl (C=O) groups is 3. The molecule has 0 radical (unpaired) electrons. The predicted molar refractivity (Wildman–Crippen MR) is 92.4 cm³/mol. The first-order valence-corrected chi connectivity index (χ1v) is 7.42. The van der Waals surface area contributed by atoms with Crippen molar-refractivity contribution in [1.82, 2.24) is 4.90 Å². The molecule has 1 fully saturated rings. The van der Waals surface area contributed by atoms with E-state index in [4.69, 9.17) is 4.74 Å². The lowest BCUT2D eigenvalue weighted by Crippen LogP contribution is -2.64. The minimum absolute atomic E-state index is 0. The molecule has 2 rings (SSSR count). The van der Waals surface area contributed by atoms with Gasteiger partial charge >= 0.3 is 11.9 Å². The number of thioether (sulfide) groups is 1. The average molecular weight is 440 g/mol. The molecular weight excluding hydrogens is 423 g/mol. The molecule has 2 aliphatic heterocycles. The van der Waals surface area contributed by atoms with Gasteiger partial charge in [-0.25, -0.2) is 4.79 Å². The molecule has 0 saturated carbocycles. The van der Waals surface area contributed by atoms with Crippen LogP contribution in [0.1, 0.15) is 20.8 Å². The van der Waals surface area contributed by atoms with E-state index in [-0.39, 0.29) is 47.6 Å². The van der Waals surface area contributed by atoms with Crippen LogP contribution in [-0.4, -0.2) is 57.3 Å². The maximum atomic E-state index is 12.1. The van der Waals surface area contributed by atoms with Gasteiger partial charge in [-0.3, -0.25) is 19.5 Å². The summed E-state index contributed by atoms with van der Waals surface area (Å²) in [5.74, 6) is -1.60. The van der Waals surface area contributed by atoms with Crippen molar-refractivity contribution in [3.63, 3.8) is 0 Å².